The summed E-state index contributed by atoms with van der Waals surface area (Å²) in [4.78, 5) is 26.6. The molecule has 3 fully saturated rings. The molecule has 2 aromatic carbocycles. The van der Waals surface area contributed by atoms with Crippen molar-refractivity contribution in [3.05, 3.63) is 63.1 Å². The minimum Gasteiger partial charge on any atom is -0.508 e. The molecule has 6 nitrogen and oxygen atoms in total. The van der Waals surface area contributed by atoms with Crippen molar-refractivity contribution < 1.29 is 18.3 Å². The van der Waals surface area contributed by atoms with Crippen LogP contribution in [0.2, 0.25) is 0 Å². The van der Waals surface area contributed by atoms with Crippen LogP contribution in [0.1, 0.15) is 112 Å². The number of hydrogen-bond donors (Lipinski definition) is 1. The second kappa shape index (κ2) is 13.0. The van der Waals surface area contributed by atoms with Gasteiger partial charge in [0.25, 0.3) is 0 Å². The van der Waals surface area contributed by atoms with E-state index < -0.39 is 17.6 Å². The molecule has 47 heavy (non-hydrogen) atoms. The molecule has 1 saturated carbocycles. The molecule has 1 N–H and O–H groups in total. The molecule has 3 aliphatic rings. The SMILES string of the molecule is C#Cc1c(F)ccc2cc(O)cc(-c3oc(=O)c4c(C5CCCCCCCCC5)nc(CCC56CCCN5CC(F)C6)nc4c3C)c12. The normalized spacial score (nSPS) is 22.9. The Labute approximate surface area is 274 Å². The van der Waals surface area contributed by atoms with Gasteiger partial charge in [-0.3, -0.25) is 4.90 Å². The molecule has 0 radical (unpaired) electrons. The standard InChI is InChI=1S/C39H43F2N3O3/c1-3-29-31(41)15-14-26-20-28(45)21-30(33(26)29)37-24(2)35-34(38(46)47-37)36(25-12-9-7-5-4-6-8-10-13-25)43-32(42-35)16-18-39-17-11-19-44(39)23-27(40)22-39/h1,14-15,20-21,25,27,45H,4-13,16-19,22-23H2,2H3. The van der Waals surface area contributed by atoms with Gasteiger partial charge in [0.2, 0.25) is 0 Å². The van der Waals surface area contributed by atoms with Crippen molar-refractivity contribution in [2.24, 2.45) is 0 Å². The van der Waals surface area contributed by atoms with E-state index in [1.54, 1.807) is 6.07 Å². The third-order valence-electron chi connectivity index (χ3n) is 11.1. The van der Waals surface area contributed by atoms with Crippen LogP contribution >= 0.6 is 0 Å². The van der Waals surface area contributed by atoms with Gasteiger partial charge < -0.3 is 9.52 Å². The third-order valence-corrected chi connectivity index (χ3v) is 11.1. The summed E-state index contributed by atoms with van der Waals surface area (Å²) in [5.74, 6) is 2.77. The fraction of sp³-hybridized carbons (Fsp3) is 0.513. The van der Waals surface area contributed by atoms with Crippen molar-refractivity contribution in [1.29, 1.82) is 0 Å². The van der Waals surface area contributed by atoms with Gasteiger partial charge in [-0.15, -0.1) is 6.42 Å². The number of nitrogens with zero attached hydrogens (tertiary/aromatic N) is 3. The van der Waals surface area contributed by atoms with E-state index in [9.17, 15) is 18.7 Å². The molecular weight excluding hydrogens is 596 g/mol. The minimum absolute atomic E-state index is 0.0355. The largest absolute Gasteiger partial charge is 0.508 e. The molecule has 2 atom stereocenters. The second-order valence-corrected chi connectivity index (χ2v) is 14.1. The summed E-state index contributed by atoms with van der Waals surface area (Å²) in [7, 11) is 0. The van der Waals surface area contributed by atoms with Gasteiger partial charge in [0.15, 0.2) is 0 Å². The van der Waals surface area contributed by atoms with E-state index in [0.717, 1.165) is 70.0 Å². The first-order chi connectivity index (χ1) is 22.8. The Bertz CT molecular complexity index is 1920. The molecule has 0 spiro atoms. The lowest BCUT2D eigenvalue weighted by Crippen LogP contribution is -2.38. The first kappa shape index (κ1) is 31.8. The monoisotopic (exact) mass is 639 g/mol. The first-order valence-corrected chi connectivity index (χ1v) is 17.4. The average molecular weight is 640 g/mol. The maximum Gasteiger partial charge on any atom is 0.347 e. The number of aromatic hydroxyl groups is 1. The Morgan fingerprint density at radius 1 is 1.06 bits per heavy atom. The van der Waals surface area contributed by atoms with Crippen LogP contribution in [0.25, 0.3) is 33.0 Å². The summed E-state index contributed by atoms with van der Waals surface area (Å²) >= 11 is 0. The number of rotatable bonds is 5. The highest BCUT2D eigenvalue weighted by atomic mass is 19.1. The van der Waals surface area contributed by atoms with Gasteiger partial charge in [-0.2, -0.15) is 0 Å². The van der Waals surface area contributed by atoms with Gasteiger partial charge in [0.1, 0.15) is 34.7 Å². The molecule has 4 aromatic rings. The Morgan fingerprint density at radius 3 is 2.55 bits per heavy atom. The molecule has 8 heteroatoms. The number of phenolic OH excluding ortho intramolecular Hbond substituents is 1. The summed E-state index contributed by atoms with van der Waals surface area (Å²) in [5.41, 5.74) is 1.53. The van der Waals surface area contributed by atoms with Crippen molar-refractivity contribution in [3.63, 3.8) is 0 Å². The molecule has 7 rings (SSSR count). The van der Waals surface area contributed by atoms with E-state index in [0.29, 0.717) is 58.0 Å². The topological polar surface area (TPSA) is 79.5 Å². The summed E-state index contributed by atoms with van der Waals surface area (Å²) in [6.07, 6.45) is 18.9. The third kappa shape index (κ3) is 5.92. The van der Waals surface area contributed by atoms with Crippen LogP contribution in [0.3, 0.4) is 0 Å². The van der Waals surface area contributed by atoms with Crippen molar-refractivity contribution in [3.8, 4) is 29.4 Å². The van der Waals surface area contributed by atoms with Gasteiger partial charge in [-0.1, -0.05) is 56.9 Å². The number of terminal acetylenes is 1. The van der Waals surface area contributed by atoms with E-state index in [-0.39, 0.29) is 28.5 Å². The highest BCUT2D eigenvalue weighted by Crippen LogP contribution is 2.44. The fourth-order valence-electron chi connectivity index (χ4n) is 8.77. The molecular formula is C39H43F2N3O3. The molecule has 2 saturated heterocycles. The van der Waals surface area contributed by atoms with Gasteiger partial charge in [-0.25, -0.2) is 23.5 Å². The number of fused-ring (bicyclic) bond motifs is 3. The lowest BCUT2D eigenvalue weighted by molar-refractivity contribution is 0.181. The van der Waals surface area contributed by atoms with Crippen LogP contribution in [-0.2, 0) is 6.42 Å². The zero-order chi connectivity index (χ0) is 32.7. The molecule has 1 aliphatic carbocycles. The highest BCUT2D eigenvalue weighted by Gasteiger charge is 2.48. The Balaban J connectivity index is 1.40. The molecule has 2 aromatic heterocycles. The summed E-state index contributed by atoms with van der Waals surface area (Å²) in [6, 6.07) is 5.81. The highest BCUT2D eigenvalue weighted by molar-refractivity contribution is 6.02. The number of benzene rings is 2. The minimum atomic E-state index is -0.810. The van der Waals surface area contributed by atoms with Crippen LogP contribution in [0.4, 0.5) is 8.78 Å². The van der Waals surface area contributed by atoms with Crippen molar-refractivity contribution in [2.75, 3.05) is 13.1 Å². The van der Waals surface area contributed by atoms with Crippen molar-refractivity contribution >= 4 is 21.7 Å². The van der Waals surface area contributed by atoms with Crippen LogP contribution in [0, 0.1) is 25.1 Å². The van der Waals surface area contributed by atoms with E-state index in [1.165, 1.54) is 37.5 Å². The van der Waals surface area contributed by atoms with Gasteiger partial charge in [0, 0.05) is 40.9 Å². The zero-order valence-corrected chi connectivity index (χ0v) is 27.2. The number of hydrogen-bond acceptors (Lipinski definition) is 6. The van der Waals surface area contributed by atoms with Crippen LogP contribution in [0.5, 0.6) is 5.75 Å². The number of phenols is 1. The quantitative estimate of drug-likeness (QED) is 0.220. The predicted octanol–water partition coefficient (Wildman–Crippen LogP) is 8.65. The maximum absolute atomic E-state index is 15.0. The number of aryl methyl sites for hydroxylation is 2. The molecule has 0 amide bonds. The maximum atomic E-state index is 15.0. The number of halogens is 2. The zero-order valence-electron chi connectivity index (χ0n) is 27.2. The Hall–Kier alpha value is -3.83. The summed E-state index contributed by atoms with van der Waals surface area (Å²) < 4.78 is 35.7. The second-order valence-electron chi connectivity index (χ2n) is 14.1. The van der Waals surface area contributed by atoms with E-state index in [4.69, 9.17) is 20.8 Å². The van der Waals surface area contributed by atoms with E-state index in [2.05, 4.69) is 10.8 Å². The van der Waals surface area contributed by atoms with E-state index >= 15 is 0 Å². The van der Waals surface area contributed by atoms with Crippen molar-refractivity contribution in [1.82, 2.24) is 14.9 Å². The fourth-order valence-corrected chi connectivity index (χ4v) is 8.77. The Kier molecular flexibility index (Phi) is 8.78. The molecule has 246 valence electrons. The Morgan fingerprint density at radius 2 is 1.81 bits per heavy atom. The summed E-state index contributed by atoms with van der Waals surface area (Å²) in [5, 5.41) is 12.0. The molecule has 0 bridgehead atoms. The van der Waals surface area contributed by atoms with Crippen LogP contribution in [0.15, 0.2) is 33.5 Å². The van der Waals surface area contributed by atoms with Crippen molar-refractivity contribution in [2.45, 2.75) is 114 Å². The van der Waals surface area contributed by atoms with E-state index in [1.807, 2.05) is 6.92 Å². The van der Waals surface area contributed by atoms with Gasteiger partial charge >= 0.3 is 5.63 Å². The lowest BCUT2D eigenvalue weighted by atomic mass is 9.87. The van der Waals surface area contributed by atoms with Crippen LogP contribution < -0.4 is 5.63 Å². The predicted molar refractivity (Wildman–Crippen MR) is 181 cm³/mol. The lowest BCUT2D eigenvalue weighted by Gasteiger charge is -2.31. The number of alkyl halides is 1. The van der Waals surface area contributed by atoms with Crippen LogP contribution in [-0.4, -0.2) is 44.8 Å². The van der Waals surface area contributed by atoms with Gasteiger partial charge in [-0.05, 0) is 75.6 Å². The van der Waals surface area contributed by atoms with Gasteiger partial charge in [0.05, 0.1) is 16.8 Å². The summed E-state index contributed by atoms with van der Waals surface area (Å²) in [6.45, 7) is 3.27. The smallest absolute Gasteiger partial charge is 0.347 e. The molecule has 4 heterocycles. The number of aromatic nitrogens is 2. The molecule has 2 unspecified atom stereocenters. The average Bonchev–Trinajstić information content (AvgIpc) is 3.59. The molecule has 2 aliphatic heterocycles. The first-order valence-electron chi connectivity index (χ1n) is 17.4.